The summed E-state index contributed by atoms with van der Waals surface area (Å²) in [6.07, 6.45) is 0.900. The zero-order chi connectivity index (χ0) is 9.68. The van der Waals surface area contributed by atoms with E-state index in [1.807, 2.05) is 0 Å². The van der Waals surface area contributed by atoms with Crippen molar-refractivity contribution in [1.29, 1.82) is 0 Å². The molecule has 0 saturated heterocycles. The molecule has 0 spiro atoms. The second kappa shape index (κ2) is 4.73. The highest BCUT2D eigenvalue weighted by atomic mass is 32.1. The summed E-state index contributed by atoms with van der Waals surface area (Å²) in [5.74, 6) is 0. The van der Waals surface area contributed by atoms with Gasteiger partial charge in [0.1, 0.15) is 5.00 Å². The van der Waals surface area contributed by atoms with Gasteiger partial charge >= 0.3 is 6.03 Å². The van der Waals surface area contributed by atoms with E-state index >= 15 is 0 Å². The van der Waals surface area contributed by atoms with Crippen LogP contribution in [0.5, 0.6) is 0 Å². The molecule has 1 aromatic heterocycles. The molecule has 0 bridgehead atoms. The van der Waals surface area contributed by atoms with E-state index in [0.717, 1.165) is 11.5 Å². The summed E-state index contributed by atoms with van der Waals surface area (Å²) >= 11 is 1.09. The Morgan fingerprint density at radius 3 is 3.15 bits per heavy atom. The molecule has 6 nitrogen and oxygen atoms in total. The van der Waals surface area contributed by atoms with Crippen molar-refractivity contribution in [3.63, 3.8) is 0 Å². The molecule has 0 unspecified atom stereocenters. The third kappa shape index (κ3) is 3.81. The lowest BCUT2D eigenvalue weighted by molar-refractivity contribution is 0.190. The molecule has 0 saturated carbocycles. The average molecular weight is 202 g/mol. The number of nitrogens with zero attached hydrogens (tertiary/aromatic N) is 2. The molecular formula is C6H10N4O2S. The third-order valence-corrected chi connectivity index (χ3v) is 1.74. The Kier molecular flexibility index (Phi) is 3.59. The molecule has 3 N–H and O–H groups in total. The molecule has 1 rings (SSSR count). The number of hydrogen-bond donors (Lipinski definition) is 3. The summed E-state index contributed by atoms with van der Waals surface area (Å²) in [5, 5.41) is 18.0. The summed E-state index contributed by atoms with van der Waals surface area (Å²) in [6.45, 7) is 1.81. The largest absolute Gasteiger partial charge is 0.392 e. The summed E-state index contributed by atoms with van der Waals surface area (Å²) < 4.78 is 3.57. The van der Waals surface area contributed by atoms with Crippen molar-refractivity contribution < 1.29 is 9.90 Å². The van der Waals surface area contributed by atoms with E-state index in [1.54, 1.807) is 6.92 Å². The van der Waals surface area contributed by atoms with Gasteiger partial charge in [-0.2, -0.15) is 0 Å². The Labute approximate surface area is 79.1 Å². The van der Waals surface area contributed by atoms with Crippen LogP contribution < -0.4 is 10.6 Å². The van der Waals surface area contributed by atoms with Crippen molar-refractivity contribution in [2.24, 2.45) is 0 Å². The first kappa shape index (κ1) is 9.87. The van der Waals surface area contributed by atoms with Crippen LogP contribution in [0.4, 0.5) is 9.80 Å². The molecule has 1 atom stereocenters. The Hall–Kier alpha value is -1.21. The van der Waals surface area contributed by atoms with Crippen LogP contribution in [-0.2, 0) is 0 Å². The second-order valence-corrected chi connectivity index (χ2v) is 3.25. The van der Waals surface area contributed by atoms with Crippen LogP contribution in [0, 0.1) is 0 Å². The predicted octanol–water partition coefficient (Wildman–Crippen LogP) is 0.0404. The van der Waals surface area contributed by atoms with Gasteiger partial charge in [-0.3, -0.25) is 5.32 Å². The number of nitrogens with one attached hydrogen (secondary N) is 2. The molecule has 0 aromatic carbocycles. The highest BCUT2D eigenvalue weighted by Crippen LogP contribution is 2.07. The molecule has 2 amide bonds. The fraction of sp³-hybridized carbons (Fsp3) is 0.500. The molecule has 0 aliphatic heterocycles. The number of aliphatic hydroxyl groups is 1. The predicted molar refractivity (Wildman–Crippen MR) is 48.6 cm³/mol. The lowest BCUT2D eigenvalue weighted by Crippen LogP contribution is -2.33. The number of carbonyl (C=O) groups is 1. The first-order valence-electron chi connectivity index (χ1n) is 3.69. The third-order valence-electron chi connectivity index (χ3n) is 1.16. The number of aliphatic hydroxyl groups excluding tert-OH is 1. The Balaban J connectivity index is 2.26. The molecule has 72 valence electrons. The van der Waals surface area contributed by atoms with Gasteiger partial charge in [-0.1, -0.05) is 4.49 Å². The van der Waals surface area contributed by atoms with Crippen LogP contribution in [0.15, 0.2) is 6.20 Å². The number of aromatic nitrogens is 2. The van der Waals surface area contributed by atoms with Crippen LogP contribution in [0.25, 0.3) is 0 Å². The van der Waals surface area contributed by atoms with Crippen molar-refractivity contribution in [2.75, 3.05) is 11.9 Å². The molecule has 13 heavy (non-hydrogen) atoms. The number of anilines is 1. The fourth-order valence-electron chi connectivity index (χ4n) is 0.619. The van der Waals surface area contributed by atoms with E-state index in [9.17, 15) is 4.79 Å². The molecular weight excluding hydrogens is 192 g/mol. The van der Waals surface area contributed by atoms with Gasteiger partial charge in [0.25, 0.3) is 0 Å². The molecule has 0 aliphatic carbocycles. The van der Waals surface area contributed by atoms with E-state index in [0.29, 0.717) is 5.00 Å². The van der Waals surface area contributed by atoms with Crippen LogP contribution in [0.2, 0.25) is 0 Å². The average Bonchev–Trinajstić information content (AvgIpc) is 2.53. The van der Waals surface area contributed by atoms with E-state index in [4.69, 9.17) is 5.11 Å². The molecule has 0 radical (unpaired) electrons. The minimum Gasteiger partial charge on any atom is -0.392 e. The number of carbonyl (C=O) groups excluding carboxylic acids is 1. The smallest absolute Gasteiger partial charge is 0.320 e. The topological polar surface area (TPSA) is 87.1 Å². The maximum absolute atomic E-state index is 11.0. The van der Waals surface area contributed by atoms with Gasteiger partial charge in [0.05, 0.1) is 12.3 Å². The fourth-order valence-corrected chi connectivity index (χ4v) is 1.03. The first-order valence-corrected chi connectivity index (χ1v) is 4.46. The highest BCUT2D eigenvalue weighted by molar-refractivity contribution is 7.10. The molecule has 1 heterocycles. The standard InChI is InChI=1S/C6H10N4O2S/c1-4(11)2-7-6(12)9-5-3-8-10-13-5/h3-4,11H,2H2,1H3,(H2,7,9,12)/t4-/m0/s1. The van der Waals surface area contributed by atoms with Crippen LogP contribution in [-0.4, -0.2) is 33.4 Å². The SMILES string of the molecule is C[C@H](O)CNC(=O)Nc1cnns1. The van der Waals surface area contributed by atoms with E-state index in [2.05, 4.69) is 20.2 Å². The van der Waals surface area contributed by atoms with Gasteiger partial charge in [0.2, 0.25) is 0 Å². The number of hydrogen-bond acceptors (Lipinski definition) is 5. The zero-order valence-electron chi connectivity index (χ0n) is 7.02. The number of amides is 2. The van der Waals surface area contributed by atoms with Gasteiger partial charge in [0.15, 0.2) is 0 Å². The molecule has 7 heteroatoms. The van der Waals surface area contributed by atoms with Crippen molar-refractivity contribution in [3.8, 4) is 0 Å². The monoisotopic (exact) mass is 202 g/mol. The Morgan fingerprint density at radius 2 is 2.62 bits per heavy atom. The van der Waals surface area contributed by atoms with Crippen LogP contribution >= 0.6 is 11.5 Å². The molecule has 0 fully saturated rings. The number of urea groups is 1. The highest BCUT2D eigenvalue weighted by Gasteiger charge is 2.03. The van der Waals surface area contributed by atoms with Gasteiger partial charge in [-0.05, 0) is 6.92 Å². The maximum atomic E-state index is 11.0. The van der Waals surface area contributed by atoms with Gasteiger partial charge < -0.3 is 10.4 Å². The normalized spacial score (nSPS) is 12.2. The summed E-state index contributed by atoms with van der Waals surface area (Å²) in [4.78, 5) is 11.0. The molecule has 0 aliphatic rings. The quantitative estimate of drug-likeness (QED) is 0.646. The van der Waals surface area contributed by atoms with Crippen molar-refractivity contribution in [3.05, 3.63) is 6.20 Å². The maximum Gasteiger partial charge on any atom is 0.320 e. The lowest BCUT2D eigenvalue weighted by atomic mass is 10.4. The lowest BCUT2D eigenvalue weighted by Gasteiger charge is -2.06. The second-order valence-electron chi connectivity index (χ2n) is 2.47. The number of rotatable bonds is 3. The van der Waals surface area contributed by atoms with Crippen molar-refractivity contribution in [2.45, 2.75) is 13.0 Å². The van der Waals surface area contributed by atoms with Crippen molar-refractivity contribution in [1.82, 2.24) is 14.9 Å². The van der Waals surface area contributed by atoms with Crippen LogP contribution in [0.3, 0.4) is 0 Å². The van der Waals surface area contributed by atoms with Gasteiger partial charge in [-0.25, -0.2) is 4.79 Å². The zero-order valence-corrected chi connectivity index (χ0v) is 7.84. The van der Waals surface area contributed by atoms with Crippen LogP contribution in [0.1, 0.15) is 6.92 Å². The summed E-state index contributed by atoms with van der Waals surface area (Å²) in [7, 11) is 0. The van der Waals surface area contributed by atoms with Gasteiger partial charge in [-0.15, -0.1) is 5.10 Å². The van der Waals surface area contributed by atoms with E-state index in [-0.39, 0.29) is 12.6 Å². The summed E-state index contributed by atoms with van der Waals surface area (Å²) in [6, 6.07) is -0.369. The summed E-state index contributed by atoms with van der Waals surface area (Å²) in [5.41, 5.74) is 0. The minimum absolute atomic E-state index is 0.220. The minimum atomic E-state index is -0.551. The Bertz CT molecular complexity index is 262. The Morgan fingerprint density at radius 1 is 1.85 bits per heavy atom. The van der Waals surface area contributed by atoms with E-state index < -0.39 is 6.10 Å². The first-order chi connectivity index (χ1) is 6.18. The van der Waals surface area contributed by atoms with Crippen molar-refractivity contribution >= 4 is 22.6 Å². The molecule has 1 aromatic rings. The van der Waals surface area contributed by atoms with E-state index in [1.165, 1.54) is 6.20 Å². The van der Waals surface area contributed by atoms with Gasteiger partial charge in [0, 0.05) is 18.1 Å².